The standard InChI is InChI=1S/C13H16F2O6/c1-8(12(19)20-7-10(16)17)6-11(18)21-9-2-4-13(14,15)5-3-9/h9H,1-7H2,(H,16,17). The zero-order valence-electron chi connectivity index (χ0n) is 11.3. The molecule has 0 aromatic rings. The van der Waals surface area contributed by atoms with Crippen molar-refractivity contribution in [3.8, 4) is 0 Å². The molecular formula is C13H16F2O6. The molecule has 0 spiro atoms. The summed E-state index contributed by atoms with van der Waals surface area (Å²) in [6.07, 6.45) is -1.62. The maximum Gasteiger partial charge on any atom is 0.341 e. The summed E-state index contributed by atoms with van der Waals surface area (Å²) < 4.78 is 35.1. The number of esters is 2. The van der Waals surface area contributed by atoms with Gasteiger partial charge in [0, 0.05) is 18.4 Å². The minimum atomic E-state index is -2.72. The normalized spacial score (nSPS) is 17.8. The van der Waals surface area contributed by atoms with E-state index in [1.54, 1.807) is 0 Å². The van der Waals surface area contributed by atoms with Crippen LogP contribution < -0.4 is 0 Å². The van der Waals surface area contributed by atoms with Gasteiger partial charge in [-0.2, -0.15) is 0 Å². The number of carbonyl (C=O) groups excluding carboxylic acids is 2. The molecule has 21 heavy (non-hydrogen) atoms. The molecule has 118 valence electrons. The maximum absolute atomic E-state index is 12.9. The molecule has 0 atom stereocenters. The zero-order chi connectivity index (χ0) is 16.0. The molecule has 1 saturated carbocycles. The third kappa shape index (κ3) is 6.33. The van der Waals surface area contributed by atoms with Crippen molar-refractivity contribution in [2.45, 2.75) is 44.1 Å². The fourth-order valence-electron chi connectivity index (χ4n) is 1.83. The number of rotatable bonds is 6. The molecule has 0 radical (unpaired) electrons. The fraction of sp³-hybridized carbons (Fsp3) is 0.615. The molecule has 0 aliphatic heterocycles. The van der Waals surface area contributed by atoms with E-state index < -0.39 is 43.0 Å². The Morgan fingerprint density at radius 2 is 1.81 bits per heavy atom. The lowest BCUT2D eigenvalue weighted by Crippen LogP contribution is -2.30. The van der Waals surface area contributed by atoms with Crippen molar-refractivity contribution in [2.75, 3.05) is 6.61 Å². The lowest BCUT2D eigenvalue weighted by Gasteiger charge is -2.27. The summed E-state index contributed by atoms with van der Waals surface area (Å²) in [6, 6.07) is 0. The second kappa shape index (κ2) is 7.14. The third-order valence-corrected chi connectivity index (χ3v) is 2.94. The van der Waals surface area contributed by atoms with E-state index >= 15 is 0 Å². The molecule has 0 saturated heterocycles. The Morgan fingerprint density at radius 1 is 1.24 bits per heavy atom. The van der Waals surface area contributed by atoms with Crippen molar-refractivity contribution in [1.29, 1.82) is 0 Å². The Kier molecular flexibility index (Phi) is 5.80. The van der Waals surface area contributed by atoms with Gasteiger partial charge in [0.15, 0.2) is 6.61 Å². The van der Waals surface area contributed by atoms with E-state index in [4.69, 9.17) is 9.84 Å². The summed E-state index contributed by atoms with van der Waals surface area (Å²) >= 11 is 0. The van der Waals surface area contributed by atoms with E-state index in [1.807, 2.05) is 0 Å². The highest BCUT2D eigenvalue weighted by molar-refractivity contribution is 5.94. The molecule has 8 heteroatoms. The summed E-state index contributed by atoms with van der Waals surface area (Å²) in [5.74, 6) is -5.83. The maximum atomic E-state index is 12.9. The van der Waals surface area contributed by atoms with Crippen LogP contribution in [0.3, 0.4) is 0 Å². The molecule has 1 aliphatic carbocycles. The molecule has 1 rings (SSSR count). The van der Waals surface area contributed by atoms with Crippen molar-refractivity contribution in [1.82, 2.24) is 0 Å². The van der Waals surface area contributed by atoms with E-state index in [2.05, 4.69) is 11.3 Å². The van der Waals surface area contributed by atoms with E-state index in [-0.39, 0.29) is 31.3 Å². The van der Waals surface area contributed by atoms with Gasteiger partial charge in [0.25, 0.3) is 0 Å². The Hall–Kier alpha value is -1.99. The molecule has 0 aromatic carbocycles. The third-order valence-electron chi connectivity index (χ3n) is 2.94. The van der Waals surface area contributed by atoms with Gasteiger partial charge in [-0.25, -0.2) is 18.4 Å². The number of hydrogen-bond donors (Lipinski definition) is 1. The van der Waals surface area contributed by atoms with Crippen LogP contribution in [0.15, 0.2) is 12.2 Å². The number of carbonyl (C=O) groups is 3. The molecule has 1 aliphatic rings. The van der Waals surface area contributed by atoms with Crippen LogP contribution in [-0.4, -0.2) is 41.6 Å². The Morgan fingerprint density at radius 3 is 2.33 bits per heavy atom. The largest absolute Gasteiger partial charge is 0.479 e. The predicted octanol–water partition coefficient (Wildman–Crippen LogP) is 1.68. The lowest BCUT2D eigenvalue weighted by molar-refractivity contribution is -0.156. The smallest absolute Gasteiger partial charge is 0.341 e. The second-order valence-corrected chi connectivity index (χ2v) is 4.80. The number of carboxylic acids is 1. The first-order valence-corrected chi connectivity index (χ1v) is 6.33. The van der Waals surface area contributed by atoms with E-state index in [1.165, 1.54) is 0 Å². The first-order chi connectivity index (χ1) is 9.69. The molecule has 0 heterocycles. The van der Waals surface area contributed by atoms with Crippen LogP contribution in [0.25, 0.3) is 0 Å². The molecule has 0 bridgehead atoms. The molecule has 6 nitrogen and oxygen atoms in total. The molecule has 1 fully saturated rings. The number of alkyl halides is 2. The van der Waals surface area contributed by atoms with Crippen LogP contribution in [0.4, 0.5) is 8.78 Å². The molecule has 0 unspecified atom stereocenters. The molecule has 1 N–H and O–H groups in total. The van der Waals surface area contributed by atoms with Crippen molar-refractivity contribution >= 4 is 17.9 Å². The van der Waals surface area contributed by atoms with Crippen LogP contribution in [-0.2, 0) is 23.9 Å². The highest BCUT2D eigenvalue weighted by Crippen LogP contribution is 2.34. The summed E-state index contributed by atoms with van der Waals surface area (Å²) in [7, 11) is 0. The number of hydrogen-bond acceptors (Lipinski definition) is 5. The topological polar surface area (TPSA) is 89.9 Å². The Balaban J connectivity index is 2.32. The zero-order valence-corrected chi connectivity index (χ0v) is 11.3. The number of ether oxygens (including phenoxy) is 2. The van der Waals surface area contributed by atoms with Gasteiger partial charge in [-0.3, -0.25) is 4.79 Å². The van der Waals surface area contributed by atoms with Crippen LogP contribution in [0, 0.1) is 0 Å². The lowest BCUT2D eigenvalue weighted by atomic mass is 9.94. The Labute approximate surface area is 119 Å². The summed E-state index contributed by atoms with van der Waals surface area (Å²) in [5.41, 5.74) is -0.248. The molecule has 0 aromatic heterocycles. The van der Waals surface area contributed by atoms with Crippen molar-refractivity contribution < 1.29 is 37.7 Å². The van der Waals surface area contributed by atoms with Gasteiger partial charge < -0.3 is 14.6 Å². The summed E-state index contributed by atoms with van der Waals surface area (Å²) in [5, 5.41) is 8.32. The van der Waals surface area contributed by atoms with Gasteiger partial charge in [-0.05, 0) is 12.8 Å². The SMILES string of the molecule is C=C(CC(=O)OC1CCC(F)(F)CC1)C(=O)OCC(=O)O. The van der Waals surface area contributed by atoms with Crippen molar-refractivity contribution in [3.63, 3.8) is 0 Å². The van der Waals surface area contributed by atoms with Crippen LogP contribution in [0.2, 0.25) is 0 Å². The van der Waals surface area contributed by atoms with Crippen LogP contribution >= 0.6 is 0 Å². The molecule has 0 amide bonds. The Bertz CT molecular complexity index is 436. The van der Waals surface area contributed by atoms with Crippen molar-refractivity contribution in [2.24, 2.45) is 0 Å². The van der Waals surface area contributed by atoms with Crippen molar-refractivity contribution in [3.05, 3.63) is 12.2 Å². The quantitative estimate of drug-likeness (QED) is 0.593. The monoisotopic (exact) mass is 306 g/mol. The predicted molar refractivity (Wildman–Crippen MR) is 65.6 cm³/mol. The van der Waals surface area contributed by atoms with E-state index in [0.717, 1.165) is 0 Å². The first-order valence-electron chi connectivity index (χ1n) is 6.33. The summed E-state index contributed by atoms with van der Waals surface area (Å²) in [4.78, 5) is 33.0. The number of aliphatic carboxylic acids is 1. The number of carboxylic acid groups (broad SMARTS) is 1. The van der Waals surface area contributed by atoms with E-state index in [0.29, 0.717) is 0 Å². The molecular weight excluding hydrogens is 290 g/mol. The fourth-order valence-corrected chi connectivity index (χ4v) is 1.83. The summed E-state index contributed by atoms with van der Waals surface area (Å²) in [6.45, 7) is 2.47. The van der Waals surface area contributed by atoms with Gasteiger partial charge in [-0.1, -0.05) is 6.58 Å². The highest BCUT2D eigenvalue weighted by Gasteiger charge is 2.36. The first kappa shape index (κ1) is 17.1. The van der Waals surface area contributed by atoms with Gasteiger partial charge in [0.05, 0.1) is 6.42 Å². The minimum absolute atomic E-state index is 0.0642. The second-order valence-electron chi connectivity index (χ2n) is 4.80. The van der Waals surface area contributed by atoms with Crippen LogP contribution in [0.1, 0.15) is 32.1 Å². The average Bonchev–Trinajstić information content (AvgIpc) is 2.38. The van der Waals surface area contributed by atoms with Gasteiger partial charge >= 0.3 is 17.9 Å². The minimum Gasteiger partial charge on any atom is -0.479 e. The van der Waals surface area contributed by atoms with Gasteiger partial charge in [-0.15, -0.1) is 0 Å². The number of halogens is 2. The van der Waals surface area contributed by atoms with E-state index in [9.17, 15) is 23.2 Å². The van der Waals surface area contributed by atoms with Crippen LogP contribution in [0.5, 0.6) is 0 Å². The van der Waals surface area contributed by atoms with Gasteiger partial charge in [0.2, 0.25) is 5.92 Å². The average molecular weight is 306 g/mol. The highest BCUT2D eigenvalue weighted by atomic mass is 19.3. The van der Waals surface area contributed by atoms with Gasteiger partial charge in [0.1, 0.15) is 6.10 Å².